The number of hydrogen-bond acceptors (Lipinski definition) is 5. The highest BCUT2D eigenvalue weighted by Crippen LogP contribution is 2.57. The Kier molecular flexibility index (Phi) is 5.66. The number of aryl methyl sites for hydroxylation is 1. The molecule has 1 fully saturated rings. The van der Waals surface area contributed by atoms with Crippen molar-refractivity contribution in [1.29, 1.82) is 0 Å². The Morgan fingerprint density at radius 3 is 2.72 bits per heavy atom. The maximum Gasteiger partial charge on any atom is 0.312 e. The molecule has 5 nitrogen and oxygen atoms in total. The molecule has 7 heteroatoms. The van der Waals surface area contributed by atoms with Gasteiger partial charge in [0.25, 0.3) is 5.89 Å². The molecule has 1 heterocycles. The monoisotopic (exact) mass is 446 g/mol. The van der Waals surface area contributed by atoms with Crippen molar-refractivity contribution in [2.45, 2.75) is 90.6 Å². The van der Waals surface area contributed by atoms with Crippen molar-refractivity contribution in [2.75, 3.05) is 0 Å². The van der Waals surface area contributed by atoms with E-state index in [2.05, 4.69) is 49.1 Å². The van der Waals surface area contributed by atoms with E-state index < -0.39 is 17.2 Å². The molecule has 2 aliphatic rings. The van der Waals surface area contributed by atoms with Gasteiger partial charge in [0.1, 0.15) is 0 Å². The second-order valence-corrected chi connectivity index (χ2v) is 10.3. The molecule has 0 N–H and O–H groups in total. The number of alkyl halides is 2. The molecule has 0 aliphatic heterocycles. The summed E-state index contributed by atoms with van der Waals surface area (Å²) in [7, 11) is 0. The van der Waals surface area contributed by atoms with Crippen LogP contribution in [0.1, 0.15) is 94.6 Å². The largest absolute Gasteiger partial charge is 0.455 e. The summed E-state index contributed by atoms with van der Waals surface area (Å²) in [4.78, 5) is 17.0. The third-order valence-corrected chi connectivity index (χ3v) is 7.70. The second kappa shape index (κ2) is 7.92. The van der Waals surface area contributed by atoms with Crippen molar-refractivity contribution in [3.63, 3.8) is 0 Å². The molecule has 1 aromatic heterocycles. The van der Waals surface area contributed by atoms with Crippen LogP contribution in [0, 0.1) is 11.3 Å². The number of carbonyl (C=O) groups excluding carboxylic acids is 1. The minimum atomic E-state index is -3.20. The Hall–Kier alpha value is -2.31. The second-order valence-electron chi connectivity index (χ2n) is 10.3. The molecular formula is C25H32F2N2O3. The number of hydrogen-bond donors (Lipinski definition) is 0. The molecule has 3 atom stereocenters. The molecule has 1 aromatic carbocycles. The highest BCUT2D eigenvalue weighted by atomic mass is 19.3. The van der Waals surface area contributed by atoms with E-state index in [-0.39, 0.29) is 29.8 Å². The smallest absolute Gasteiger partial charge is 0.312 e. The average molecular weight is 447 g/mol. The zero-order chi connectivity index (χ0) is 23.3. The standard InChI is InChI=1S/C25H32F2N2O3/c1-15(2)16-7-9-18-17(13-16)8-10-19-23(18,3)11-6-12-24(19,4)22(30)31-14-20-28-21(29-32-20)25(5,26)27/h7,9,13,15,19H,6,8,10-12,14H2,1-5H3/t19-,23-,24-/m1/s1. The summed E-state index contributed by atoms with van der Waals surface area (Å²) in [5, 5.41) is 3.29. The number of aromatic nitrogens is 2. The van der Waals surface area contributed by atoms with Gasteiger partial charge in [-0.3, -0.25) is 4.79 Å². The Labute approximate surface area is 187 Å². The first-order valence-corrected chi connectivity index (χ1v) is 11.5. The first kappa shape index (κ1) is 22.9. The van der Waals surface area contributed by atoms with Gasteiger partial charge in [0.2, 0.25) is 5.82 Å². The summed E-state index contributed by atoms with van der Waals surface area (Å²) in [5.41, 5.74) is 3.34. The van der Waals surface area contributed by atoms with Crippen LogP contribution in [0.5, 0.6) is 0 Å². The van der Waals surface area contributed by atoms with Gasteiger partial charge in [0.15, 0.2) is 6.61 Å². The minimum absolute atomic E-state index is 0.100. The van der Waals surface area contributed by atoms with Crippen LogP contribution >= 0.6 is 0 Å². The lowest BCUT2D eigenvalue weighted by molar-refractivity contribution is -0.166. The first-order valence-electron chi connectivity index (χ1n) is 11.5. The molecule has 174 valence electrons. The van der Waals surface area contributed by atoms with E-state index in [4.69, 9.17) is 9.26 Å². The first-order chi connectivity index (χ1) is 14.9. The van der Waals surface area contributed by atoms with Gasteiger partial charge in [0, 0.05) is 6.92 Å². The maximum atomic E-state index is 13.3. The normalized spacial score (nSPS) is 27.7. The predicted molar refractivity (Wildman–Crippen MR) is 115 cm³/mol. The summed E-state index contributed by atoms with van der Waals surface area (Å²) >= 11 is 0. The topological polar surface area (TPSA) is 65.2 Å². The van der Waals surface area contributed by atoms with Crippen LogP contribution < -0.4 is 0 Å². The predicted octanol–water partition coefficient (Wildman–Crippen LogP) is 6.06. The van der Waals surface area contributed by atoms with Crippen molar-refractivity contribution in [1.82, 2.24) is 10.1 Å². The summed E-state index contributed by atoms with van der Waals surface area (Å²) < 4.78 is 37.1. The number of fused-ring (bicyclic) bond motifs is 3. The number of nitrogens with zero attached hydrogens (tertiary/aromatic N) is 2. The van der Waals surface area contributed by atoms with Gasteiger partial charge in [-0.2, -0.15) is 13.8 Å². The maximum absolute atomic E-state index is 13.3. The van der Waals surface area contributed by atoms with Gasteiger partial charge in [-0.1, -0.05) is 50.5 Å². The molecule has 1 saturated carbocycles. The Morgan fingerprint density at radius 1 is 1.31 bits per heavy atom. The van der Waals surface area contributed by atoms with Crippen LogP contribution in [0.4, 0.5) is 8.78 Å². The van der Waals surface area contributed by atoms with Crippen LogP contribution in [0.3, 0.4) is 0 Å². The van der Waals surface area contributed by atoms with Crippen molar-refractivity contribution >= 4 is 5.97 Å². The lowest BCUT2D eigenvalue weighted by Gasteiger charge is -2.54. The number of rotatable bonds is 5. The SMILES string of the molecule is CC(C)c1ccc2c(c1)CC[C@H]1[C@](C)(C(=O)OCc3nc(C(C)(F)F)no3)CCC[C@]21C. The molecule has 0 bridgehead atoms. The van der Waals surface area contributed by atoms with Crippen molar-refractivity contribution < 1.29 is 22.8 Å². The Balaban J connectivity index is 1.55. The van der Waals surface area contributed by atoms with E-state index in [1.165, 1.54) is 16.7 Å². The molecule has 2 aliphatic carbocycles. The van der Waals surface area contributed by atoms with E-state index >= 15 is 0 Å². The van der Waals surface area contributed by atoms with Crippen LogP contribution in [-0.2, 0) is 33.9 Å². The number of benzene rings is 1. The van der Waals surface area contributed by atoms with E-state index in [0.29, 0.717) is 12.8 Å². The minimum Gasteiger partial charge on any atom is -0.455 e. The third-order valence-electron chi connectivity index (χ3n) is 7.70. The molecule has 0 spiro atoms. The molecule has 0 unspecified atom stereocenters. The van der Waals surface area contributed by atoms with Crippen molar-refractivity contribution in [3.8, 4) is 0 Å². The number of halogens is 2. The van der Waals surface area contributed by atoms with Crippen LogP contribution in [0.25, 0.3) is 0 Å². The van der Waals surface area contributed by atoms with Gasteiger partial charge in [-0.15, -0.1) is 0 Å². The van der Waals surface area contributed by atoms with E-state index in [9.17, 15) is 13.6 Å². The fourth-order valence-corrected chi connectivity index (χ4v) is 5.90. The molecule has 4 rings (SSSR count). The zero-order valence-electron chi connectivity index (χ0n) is 19.5. The van der Waals surface area contributed by atoms with Crippen LogP contribution in [-0.4, -0.2) is 16.1 Å². The third kappa shape index (κ3) is 3.84. The number of carbonyl (C=O) groups is 1. The number of esters is 1. The van der Waals surface area contributed by atoms with Crippen molar-refractivity contribution in [3.05, 3.63) is 46.6 Å². The Morgan fingerprint density at radius 2 is 2.06 bits per heavy atom. The molecule has 0 amide bonds. The summed E-state index contributed by atoms with van der Waals surface area (Å²) in [6.45, 7) is 9.08. The Bertz CT molecular complexity index is 1010. The lowest BCUT2D eigenvalue weighted by atomic mass is 9.49. The van der Waals surface area contributed by atoms with Gasteiger partial charge >= 0.3 is 11.9 Å². The summed E-state index contributed by atoms with van der Waals surface area (Å²) in [5.74, 6) is -3.72. The van der Waals surface area contributed by atoms with Crippen LogP contribution in [0.15, 0.2) is 22.7 Å². The summed E-state index contributed by atoms with van der Waals surface area (Å²) in [6, 6.07) is 6.82. The van der Waals surface area contributed by atoms with E-state index in [0.717, 1.165) is 32.1 Å². The van der Waals surface area contributed by atoms with Crippen molar-refractivity contribution in [2.24, 2.45) is 11.3 Å². The highest BCUT2D eigenvalue weighted by Gasteiger charge is 2.55. The molecule has 0 saturated heterocycles. The van der Waals surface area contributed by atoms with Gasteiger partial charge in [-0.25, -0.2) is 0 Å². The van der Waals surface area contributed by atoms with Gasteiger partial charge < -0.3 is 9.26 Å². The molecule has 2 aromatic rings. The quantitative estimate of drug-likeness (QED) is 0.523. The molecular weight excluding hydrogens is 414 g/mol. The average Bonchev–Trinajstić information content (AvgIpc) is 3.21. The lowest BCUT2D eigenvalue weighted by Crippen LogP contribution is -2.52. The molecule has 0 radical (unpaired) electrons. The van der Waals surface area contributed by atoms with E-state index in [1.54, 1.807) is 0 Å². The highest BCUT2D eigenvalue weighted by molar-refractivity contribution is 5.77. The molecule has 32 heavy (non-hydrogen) atoms. The number of ether oxygens (including phenoxy) is 1. The zero-order valence-corrected chi connectivity index (χ0v) is 19.5. The fraction of sp³-hybridized carbons (Fsp3) is 0.640. The van der Waals surface area contributed by atoms with Crippen LogP contribution in [0.2, 0.25) is 0 Å². The summed E-state index contributed by atoms with van der Waals surface area (Å²) in [6.07, 6.45) is 4.57. The van der Waals surface area contributed by atoms with Gasteiger partial charge in [-0.05, 0) is 66.5 Å². The van der Waals surface area contributed by atoms with Gasteiger partial charge in [0.05, 0.1) is 5.41 Å². The van der Waals surface area contributed by atoms with E-state index in [1.807, 2.05) is 6.92 Å². The fourth-order valence-electron chi connectivity index (χ4n) is 5.90.